The van der Waals surface area contributed by atoms with Gasteiger partial charge in [-0.2, -0.15) is 5.10 Å². The molecule has 0 unspecified atom stereocenters. The predicted octanol–water partition coefficient (Wildman–Crippen LogP) is 1.52. The standard InChI is InChI=1S/C6H6ClN3/c1-8-3-2-5-4-9-10-6(5)7/h4H,2-3H2,(H,9,10). The van der Waals surface area contributed by atoms with Crippen LogP contribution >= 0.6 is 11.6 Å². The molecule has 0 aliphatic rings. The molecule has 1 rings (SSSR count). The van der Waals surface area contributed by atoms with Gasteiger partial charge in [0.1, 0.15) is 5.15 Å². The third kappa shape index (κ3) is 1.49. The second kappa shape index (κ2) is 3.23. The van der Waals surface area contributed by atoms with Gasteiger partial charge in [-0.25, -0.2) is 6.57 Å². The summed E-state index contributed by atoms with van der Waals surface area (Å²) in [5.41, 5.74) is 0.915. The summed E-state index contributed by atoms with van der Waals surface area (Å²) in [5, 5.41) is 6.85. The lowest BCUT2D eigenvalue weighted by Crippen LogP contribution is -1.84. The molecule has 1 N–H and O–H groups in total. The van der Waals surface area contributed by atoms with Gasteiger partial charge in [0.25, 0.3) is 0 Å². The Morgan fingerprint density at radius 1 is 1.80 bits per heavy atom. The Morgan fingerprint density at radius 3 is 3.10 bits per heavy atom. The van der Waals surface area contributed by atoms with E-state index in [1.807, 2.05) is 0 Å². The minimum absolute atomic E-state index is 0.471. The molecule has 1 aromatic heterocycles. The average molecular weight is 156 g/mol. The van der Waals surface area contributed by atoms with Crippen molar-refractivity contribution in [1.29, 1.82) is 0 Å². The van der Waals surface area contributed by atoms with E-state index in [9.17, 15) is 0 Å². The number of H-pyrrole nitrogens is 1. The molecule has 1 aromatic rings. The van der Waals surface area contributed by atoms with Crippen LogP contribution in [-0.4, -0.2) is 16.7 Å². The van der Waals surface area contributed by atoms with Crippen LogP contribution in [0.1, 0.15) is 5.56 Å². The van der Waals surface area contributed by atoms with Crippen LogP contribution in [0.5, 0.6) is 0 Å². The van der Waals surface area contributed by atoms with E-state index in [-0.39, 0.29) is 0 Å². The fourth-order valence-electron chi connectivity index (χ4n) is 0.646. The maximum Gasteiger partial charge on any atom is 0.218 e. The largest absolute Gasteiger partial charge is 0.317 e. The fraction of sp³-hybridized carbons (Fsp3) is 0.333. The van der Waals surface area contributed by atoms with Gasteiger partial charge in [-0.15, -0.1) is 0 Å². The van der Waals surface area contributed by atoms with Gasteiger partial charge in [0.2, 0.25) is 6.54 Å². The second-order valence-electron chi connectivity index (χ2n) is 1.84. The van der Waals surface area contributed by atoms with Crippen molar-refractivity contribution in [2.45, 2.75) is 6.42 Å². The van der Waals surface area contributed by atoms with Gasteiger partial charge in [0.15, 0.2) is 0 Å². The molecule has 52 valence electrons. The van der Waals surface area contributed by atoms with Crippen LogP contribution in [0.4, 0.5) is 0 Å². The third-order valence-electron chi connectivity index (χ3n) is 1.16. The smallest absolute Gasteiger partial charge is 0.218 e. The van der Waals surface area contributed by atoms with E-state index in [4.69, 9.17) is 18.2 Å². The van der Waals surface area contributed by atoms with Crippen molar-refractivity contribution >= 4 is 11.6 Å². The predicted molar refractivity (Wildman–Crippen MR) is 38.8 cm³/mol. The molecule has 0 aliphatic carbocycles. The first kappa shape index (κ1) is 7.10. The highest BCUT2D eigenvalue weighted by molar-refractivity contribution is 6.30. The fourth-order valence-corrected chi connectivity index (χ4v) is 0.838. The summed E-state index contributed by atoms with van der Waals surface area (Å²) >= 11 is 5.65. The number of aromatic amines is 1. The molecule has 3 nitrogen and oxygen atoms in total. The Balaban J connectivity index is 2.59. The Hall–Kier alpha value is -1.01. The number of aromatic nitrogens is 2. The van der Waals surface area contributed by atoms with Crippen LogP contribution in [-0.2, 0) is 6.42 Å². The van der Waals surface area contributed by atoms with Gasteiger partial charge in [0.05, 0.1) is 6.20 Å². The number of rotatable bonds is 2. The van der Waals surface area contributed by atoms with E-state index in [1.165, 1.54) is 0 Å². The summed E-state index contributed by atoms with van der Waals surface area (Å²) in [4.78, 5) is 3.20. The van der Waals surface area contributed by atoms with Crippen molar-refractivity contribution in [1.82, 2.24) is 10.2 Å². The van der Waals surface area contributed by atoms with Crippen LogP contribution in [0.15, 0.2) is 6.20 Å². The van der Waals surface area contributed by atoms with Crippen molar-refractivity contribution in [2.24, 2.45) is 0 Å². The lowest BCUT2D eigenvalue weighted by molar-refractivity contribution is 1.08. The third-order valence-corrected chi connectivity index (χ3v) is 1.49. The Kier molecular flexibility index (Phi) is 2.30. The average Bonchev–Trinajstić information content (AvgIpc) is 2.31. The van der Waals surface area contributed by atoms with E-state index in [0.717, 1.165) is 5.56 Å². The maximum absolute atomic E-state index is 6.53. The molecule has 0 radical (unpaired) electrons. The van der Waals surface area contributed by atoms with Crippen molar-refractivity contribution in [3.05, 3.63) is 28.3 Å². The number of halogens is 1. The van der Waals surface area contributed by atoms with E-state index in [1.54, 1.807) is 6.20 Å². The molecular weight excluding hydrogens is 150 g/mol. The van der Waals surface area contributed by atoms with Crippen molar-refractivity contribution in [3.63, 3.8) is 0 Å². The minimum Gasteiger partial charge on any atom is -0.317 e. The highest BCUT2D eigenvalue weighted by atomic mass is 35.5. The van der Waals surface area contributed by atoms with Gasteiger partial charge < -0.3 is 4.85 Å². The minimum atomic E-state index is 0.471. The number of nitrogens with one attached hydrogen (secondary N) is 1. The lowest BCUT2D eigenvalue weighted by Gasteiger charge is -1.86. The zero-order valence-corrected chi connectivity index (χ0v) is 6.02. The van der Waals surface area contributed by atoms with Gasteiger partial charge in [0, 0.05) is 12.0 Å². The molecule has 10 heavy (non-hydrogen) atoms. The van der Waals surface area contributed by atoms with E-state index in [0.29, 0.717) is 18.1 Å². The number of hydrogen-bond acceptors (Lipinski definition) is 1. The van der Waals surface area contributed by atoms with Gasteiger partial charge in [-0.3, -0.25) is 5.10 Å². The molecule has 0 bridgehead atoms. The van der Waals surface area contributed by atoms with E-state index < -0.39 is 0 Å². The normalized spacial score (nSPS) is 9.20. The number of nitrogens with zero attached hydrogens (tertiary/aromatic N) is 2. The molecule has 0 aliphatic heterocycles. The molecule has 0 atom stereocenters. The van der Waals surface area contributed by atoms with Crippen molar-refractivity contribution in [3.8, 4) is 0 Å². The van der Waals surface area contributed by atoms with Crippen LogP contribution in [0.3, 0.4) is 0 Å². The molecular formula is C6H6ClN3. The summed E-state index contributed by atoms with van der Waals surface area (Å²) in [6.45, 7) is 7.00. The molecule has 1 heterocycles. The second-order valence-corrected chi connectivity index (χ2v) is 2.22. The molecule has 0 fully saturated rings. The van der Waals surface area contributed by atoms with Crippen LogP contribution in [0, 0.1) is 6.57 Å². The molecule has 0 aromatic carbocycles. The van der Waals surface area contributed by atoms with Crippen LogP contribution in [0.2, 0.25) is 5.15 Å². The number of hydrogen-bond donors (Lipinski definition) is 1. The maximum atomic E-state index is 6.53. The van der Waals surface area contributed by atoms with Crippen LogP contribution < -0.4 is 0 Å². The van der Waals surface area contributed by atoms with Gasteiger partial charge in [-0.1, -0.05) is 11.6 Å². The summed E-state index contributed by atoms with van der Waals surface area (Å²) in [6, 6.07) is 0. The van der Waals surface area contributed by atoms with E-state index in [2.05, 4.69) is 15.0 Å². The Morgan fingerprint density at radius 2 is 2.60 bits per heavy atom. The SMILES string of the molecule is [C-]#[N+]CCc1cn[nH]c1Cl. The quantitative estimate of drug-likeness (QED) is 0.646. The Labute approximate surface area is 63.8 Å². The van der Waals surface area contributed by atoms with Gasteiger partial charge >= 0.3 is 0 Å². The summed E-state index contributed by atoms with van der Waals surface area (Å²) in [6.07, 6.45) is 2.33. The van der Waals surface area contributed by atoms with Crippen molar-refractivity contribution in [2.75, 3.05) is 6.54 Å². The molecule has 0 saturated carbocycles. The van der Waals surface area contributed by atoms with Crippen LogP contribution in [0.25, 0.3) is 4.85 Å². The van der Waals surface area contributed by atoms with Crippen molar-refractivity contribution < 1.29 is 0 Å². The first-order valence-electron chi connectivity index (χ1n) is 2.85. The molecule has 0 amide bonds. The first-order chi connectivity index (χ1) is 4.84. The topological polar surface area (TPSA) is 33.0 Å². The Bertz CT molecular complexity index is 248. The molecule has 0 saturated heterocycles. The highest BCUT2D eigenvalue weighted by Gasteiger charge is 2.01. The zero-order chi connectivity index (χ0) is 7.40. The zero-order valence-electron chi connectivity index (χ0n) is 5.26. The highest BCUT2D eigenvalue weighted by Crippen LogP contribution is 2.10. The first-order valence-corrected chi connectivity index (χ1v) is 3.23. The lowest BCUT2D eigenvalue weighted by atomic mass is 10.3. The van der Waals surface area contributed by atoms with E-state index >= 15 is 0 Å². The summed E-state index contributed by atoms with van der Waals surface area (Å²) < 4.78 is 0. The van der Waals surface area contributed by atoms with Gasteiger partial charge in [-0.05, 0) is 0 Å². The molecule has 0 spiro atoms. The summed E-state index contributed by atoms with van der Waals surface area (Å²) in [5.74, 6) is 0. The monoisotopic (exact) mass is 155 g/mol. The summed E-state index contributed by atoms with van der Waals surface area (Å²) in [7, 11) is 0. The molecule has 4 heteroatoms.